The molecule has 0 radical (unpaired) electrons. The first-order valence-corrected chi connectivity index (χ1v) is 10.3. The van der Waals surface area contributed by atoms with Gasteiger partial charge in [-0.25, -0.2) is 0 Å². The zero-order valence-electron chi connectivity index (χ0n) is 16.1. The fourth-order valence-electron chi connectivity index (χ4n) is 4.77. The summed E-state index contributed by atoms with van der Waals surface area (Å²) in [5.41, 5.74) is 3.91. The van der Waals surface area contributed by atoms with Crippen molar-refractivity contribution in [3.05, 3.63) is 65.9 Å². The summed E-state index contributed by atoms with van der Waals surface area (Å²) in [7, 11) is 0. The summed E-state index contributed by atoms with van der Waals surface area (Å²) in [5, 5.41) is 8.81. The minimum Gasteiger partial charge on any atom is -0.350 e. The molecule has 0 bridgehead atoms. The third-order valence-electron chi connectivity index (χ3n) is 6.13. The van der Waals surface area contributed by atoms with Crippen LogP contribution in [0.2, 0.25) is 0 Å². The fraction of sp³-hybridized carbons (Fsp3) is 0.391. The SMILES string of the molecule is O=C(Cn1cc2ccccc2n1)NC1CCCN(C2Cc3ccccc3C2)C1. The quantitative estimate of drug-likeness (QED) is 0.764. The number of piperidine rings is 1. The van der Waals surface area contributed by atoms with E-state index in [2.05, 4.69) is 39.6 Å². The molecule has 3 aromatic rings. The van der Waals surface area contributed by atoms with Crippen molar-refractivity contribution in [2.45, 2.75) is 44.3 Å². The van der Waals surface area contributed by atoms with Gasteiger partial charge in [-0.1, -0.05) is 42.5 Å². The number of nitrogens with zero attached hydrogens (tertiary/aromatic N) is 3. The van der Waals surface area contributed by atoms with Crippen LogP contribution in [0.15, 0.2) is 54.7 Å². The van der Waals surface area contributed by atoms with E-state index in [0.29, 0.717) is 6.04 Å². The molecule has 1 N–H and O–H groups in total. The molecule has 5 heteroatoms. The van der Waals surface area contributed by atoms with Gasteiger partial charge in [0.25, 0.3) is 0 Å². The molecular weight excluding hydrogens is 348 g/mol. The average molecular weight is 374 g/mol. The number of amides is 1. The van der Waals surface area contributed by atoms with Crippen molar-refractivity contribution < 1.29 is 4.79 Å². The van der Waals surface area contributed by atoms with Crippen molar-refractivity contribution in [3.8, 4) is 0 Å². The number of rotatable bonds is 4. The van der Waals surface area contributed by atoms with Crippen LogP contribution in [-0.2, 0) is 24.2 Å². The van der Waals surface area contributed by atoms with E-state index in [1.54, 1.807) is 4.68 Å². The standard InChI is InChI=1S/C23H26N4O/c28-23(16-27-14-19-8-3-4-10-22(19)25-27)24-20-9-5-11-26(15-20)21-12-17-6-1-2-7-18(17)13-21/h1-4,6-8,10,14,20-21H,5,9,11-13,15-16H2,(H,24,28). The average Bonchev–Trinajstić information content (AvgIpc) is 3.31. The van der Waals surface area contributed by atoms with E-state index in [1.807, 2.05) is 30.5 Å². The lowest BCUT2D eigenvalue weighted by molar-refractivity contribution is -0.123. The molecule has 1 aliphatic carbocycles. The van der Waals surface area contributed by atoms with Crippen molar-refractivity contribution in [3.63, 3.8) is 0 Å². The number of likely N-dealkylation sites (tertiary alicyclic amines) is 1. The van der Waals surface area contributed by atoms with Gasteiger partial charge in [-0.05, 0) is 49.4 Å². The van der Waals surface area contributed by atoms with Gasteiger partial charge >= 0.3 is 0 Å². The normalized spacial score (nSPS) is 20.4. The molecule has 1 atom stereocenters. The van der Waals surface area contributed by atoms with Gasteiger partial charge in [-0.2, -0.15) is 5.10 Å². The van der Waals surface area contributed by atoms with E-state index in [9.17, 15) is 4.79 Å². The number of hydrogen-bond donors (Lipinski definition) is 1. The third-order valence-corrected chi connectivity index (χ3v) is 6.13. The smallest absolute Gasteiger partial charge is 0.241 e. The largest absolute Gasteiger partial charge is 0.350 e. The summed E-state index contributed by atoms with van der Waals surface area (Å²) in [6.45, 7) is 2.36. The molecule has 0 saturated carbocycles. The predicted molar refractivity (Wildman–Crippen MR) is 110 cm³/mol. The maximum Gasteiger partial charge on any atom is 0.241 e. The molecule has 1 amide bonds. The summed E-state index contributed by atoms with van der Waals surface area (Å²) < 4.78 is 1.74. The van der Waals surface area contributed by atoms with Crippen LogP contribution in [0.5, 0.6) is 0 Å². The molecule has 2 aromatic carbocycles. The van der Waals surface area contributed by atoms with Crippen molar-refractivity contribution in [1.82, 2.24) is 20.0 Å². The molecule has 5 nitrogen and oxygen atoms in total. The second-order valence-corrected chi connectivity index (χ2v) is 8.12. The van der Waals surface area contributed by atoms with Crippen LogP contribution >= 0.6 is 0 Å². The minimum atomic E-state index is 0.0503. The first-order chi connectivity index (χ1) is 13.7. The monoisotopic (exact) mass is 374 g/mol. The molecule has 1 saturated heterocycles. The summed E-state index contributed by atoms with van der Waals surface area (Å²) in [5.74, 6) is 0.0503. The second-order valence-electron chi connectivity index (χ2n) is 8.12. The molecule has 1 aromatic heterocycles. The maximum absolute atomic E-state index is 12.6. The highest BCUT2D eigenvalue weighted by atomic mass is 16.2. The molecule has 1 aliphatic heterocycles. The Balaban J connectivity index is 1.18. The van der Waals surface area contributed by atoms with Gasteiger partial charge in [0.2, 0.25) is 5.91 Å². The number of hydrogen-bond acceptors (Lipinski definition) is 3. The zero-order chi connectivity index (χ0) is 18.9. The highest BCUT2D eigenvalue weighted by molar-refractivity contribution is 5.79. The molecule has 2 aliphatic rings. The highest BCUT2D eigenvalue weighted by Crippen LogP contribution is 2.27. The van der Waals surface area contributed by atoms with E-state index in [4.69, 9.17) is 0 Å². The van der Waals surface area contributed by atoms with Gasteiger partial charge in [0.1, 0.15) is 6.54 Å². The number of fused-ring (bicyclic) bond motifs is 2. The van der Waals surface area contributed by atoms with Gasteiger partial charge in [-0.15, -0.1) is 0 Å². The Morgan fingerprint density at radius 2 is 1.82 bits per heavy atom. The van der Waals surface area contributed by atoms with Crippen molar-refractivity contribution in [1.29, 1.82) is 0 Å². The third kappa shape index (κ3) is 3.54. The van der Waals surface area contributed by atoms with E-state index >= 15 is 0 Å². The Bertz CT molecular complexity index is 937. The van der Waals surface area contributed by atoms with E-state index in [-0.39, 0.29) is 18.5 Å². The van der Waals surface area contributed by atoms with E-state index in [1.165, 1.54) is 11.1 Å². The van der Waals surface area contributed by atoms with Crippen LogP contribution in [0, 0.1) is 0 Å². The first-order valence-electron chi connectivity index (χ1n) is 10.3. The van der Waals surface area contributed by atoms with Crippen LogP contribution in [0.1, 0.15) is 24.0 Å². The van der Waals surface area contributed by atoms with Crippen LogP contribution in [0.3, 0.4) is 0 Å². The Morgan fingerprint density at radius 1 is 1.07 bits per heavy atom. The Hall–Kier alpha value is -2.66. The van der Waals surface area contributed by atoms with Crippen molar-refractivity contribution >= 4 is 16.8 Å². The Kier molecular flexibility index (Phi) is 4.61. The molecule has 0 spiro atoms. The van der Waals surface area contributed by atoms with Gasteiger partial charge in [0, 0.05) is 30.2 Å². The number of carbonyl (C=O) groups excluding carboxylic acids is 1. The van der Waals surface area contributed by atoms with Crippen LogP contribution in [-0.4, -0.2) is 45.8 Å². The van der Waals surface area contributed by atoms with Crippen LogP contribution in [0.25, 0.3) is 10.9 Å². The fourth-order valence-corrected chi connectivity index (χ4v) is 4.77. The number of aromatic nitrogens is 2. The van der Waals surface area contributed by atoms with Crippen LogP contribution in [0.4, 0.5) is 0 Å². The minimum absolute atomic E-state index is 0.0503. The Labute approximate surface area is 165 Å². The second kappa shape index (κ2) is 7.40. The van der Waals surface area contributed by atoms with Gasteiger partial charge in [0.05, 0.1) is 5.52 Å². The Morgan fingerprint density at radius 3 is 2.61 bits per heavy atom. The molecule has 1 fully saturated rings. The van der Waals surface area contributed by atoms with Crippen molar-refractivity contribution in [2.24, 2.45) is 0 Å². The summed E-state index contributed by atoms with van der Waals surface area (Å²) in [6.07, 6.45) is 6.41. The summed E-state index contributed by atoms with van der Waals surface area (Å²) in [6, 6.07) is 17.6. The lowest BCUT2D eigenvalue weighted by Gasteiger charge is -2.37. The lowest BCUT2D eigenvalue weighted by Crippen LogP contribution is -2.51. The van der Waals surface area contributed by atoms with Crippen LogP contribution < -0.4 is 5.32 Å². The molecule has 28 heavy (non-hydrogen) atoms. The first kappa shape index (κ1) is 17.4. The lowest BCUT2D eigenvalue weighted by atomic mass is 10.0. The van der Waals surface area contributed by atoms with Gasteiger partial charge in [-0.3, -0.25) is 14.4 Å². The summed E-state index contributed by atoms with van der Waals surface area (Å²) >= 11 is 0. The maximum atomic E-state index is 12.6. The zero-order valence-corrected chi connectivity index (χ0v) is 16.1. The van der Waals surface area contributed by atoms with Gasteiger partial charge < -0.3 is 5.32 Å². The molecular formula is C23H26N4O. The molecule has 144 valence electrons. The van der Waals surface area contributed by atoms with E-state index < -0.39 is 0 Å². The molecule has 2 heterocycles. The summed E-state index contributed by atoms with van der Waals surface area (Å²) in [4.78, 5) is 15.2. The number of carbonyl (C=O) groups is 1. The van der Waals surface area contributed by atoms with Crippen molar-refractivity contribution in [2.75, 3.05) is 13.1 Å². The predicted octanol–water partition coefficient (Wildman–Crippen LogP) is 2.78. The highest BCUT2D eigenvalue weighted by Gasteiger charge is 2.30. The van der Waals surface area contributed by atoms with E-state index in [0.717, 1.165) is 49.7 Å². The number of benzene rings is 2. The molecule has 1 unspecified atom stereocenters. The van der Waals surface area contributed by atoms with Gasteiger partial charge in [0.15, 0.2) is 0 Å². The topological polar surface area (TPSA) is 50.2 Å². The molecule has 5 rings (SSSR count). The number of nitrogens with one attached hydrogen (secondary N) is 1.